The van der Waals surface area contributed by atoms with E-state index in [0.29, 0.717) is 0 Å². The molecule has 1 saturated heterocycles. The number of aryl methyl sites for hydroxylation is 2. The van der Waals surface area contributed by atoms with Crippen molar-refractivity contribution >= 4 is 12.4 Å². The van der Waals surface area contributed by atoms with Gasteiger partial charge in [0.15, 0.2) is 0 Å². The van der Waals surface area contributed by atoms with Crippen LogP contribution in [0.4, 0.5) is 4.39 Å². The van der Waals surface area contributed by atoms with Crippen LogP contribution in [0.15, 0.2) is 12.1 Å². The number of ether oxygens (including phenoxy) is 1. The Balaban J connectivity index is 0.00000200. The molecule has 20 heavy (non-hydrogen) atoms. The van der Waals surface area contributed by atoms with E-state index in [1.165, 1.54) is 0 Å². The molecule has 0 aliphatic carbocycles. The van der Waals surface area contributed by atoms with E-state index in [4.69, 9.17) is 4.74 Å². The van der Waals surface area contributed by atoms with Crippen LogP contribution in [-0.2, 0) is 0 Å². The average molecular weight is 303 g/mol. The molecule has 1 aromatic carbocycles. The van der Waals surface area contributed by atoms with E-state index in [0.717, 1.165) is 48.6 Å². The van der Waals surface area contributed by atoms with Crippen LogP contribution in [-0.4, -0.2) is 44.9 Å². The summed E-state index contributed by atoms with van der Waals surface area (Å²) in [5, 5.41) is 3.30. The Morgan fingerprint density at radius 3 is 2.25 bits per heavy atom. The van der Waals surface area contributed by atoms with E-state index < -0.39 is 0 Å². The zero-order valence-electron chi connectivity index (χ0n) is 12.4. The molecule has 2 rings (SSSR count). The average Bonchev–Trinajstić information content (AvgIpc) is 2.40. The maximum absolute atomic E-state index is 13.5. The van der Waals surface area contributed by atoms with Gasteiger partial charge in [-0.15, -0.1) is 12.4 Å². The van der Waals surface area contributed by atoms with Gasteiger partial charge in [0.25, 0.3) is 0 Å². The zero-order valence-corrected chi connectivity index (χ0v) is 13.2. The summed E-state index contributed by atoms with van der Waals surface area (Å²) in [6, 6.07) is 3.97. The summed E-state index contributed by atoms with van der Waals surface area (Å²) in [7, 11) is 1.68. The molecule has 0 aromatic heterocycles. The molecule has 1 heterocycles. The molecule has 1 aliphatic rings. The number of nitrogens with one attached hydrogen (secondary N) is 1. The molecular formula is C15H24ClFN2O. The monoisotopic (exact) mass is 302 g/mol. The lowest BCUT2D eigenvalue weighted by Gasteiger charge is -2.34. The van der Waals surface area contributed by atoms with Crippen LogP contribution in [0.5, 0.6) is 5.75 Å². The number of hydrogen-bond acceptors (Lipinski definition) is 3. The number of methoxy groups -OCH3 is 1. The second kappa shape index (κ2) is 7.81. The highest BCUT2D eigenvalue weighted by Crippen LogP contribution is 2.30. The number of halogens is 2. The Hall–Kier alpha value is -0.840. The second-order valence-electron chi connectivity index (χ2n) is 5.14. The van der Waals surface area contributed by atoms with E-state index in [1.54, 1.807) is 7.11 Å². The third kappa shape index (κ3) is 3.62. The Morgan fingerprint density at radius 2 is 1.80 bits per heavy atom. The van der Waals surface area contributed by atoms with Crippen molar-refractivity contribution in [2.24, 2.45) is 0 Å². The SMILES string of the molecule is COc1c(C)cc([C@@H](CF)N2CCNCC2)cc1C.Cl. The summed E-state index contributed by atoms with van der Waals surface area (Å²) in [6.45, 7) is 7.36. The van der Waals surface area contributed by atoms with E-state index >= 15 is 0 Å². The van der Waals surface area contributed by atoms with Crippen molar-refractivity contribution < 1.29 is 9.13 Å². The number of benzene rings is 1. The summed E-state index contributed by atoms with van der Waals surface area (Å²) >= 11 is 0. The normalized spacial score (nSPS) is 17.4. The van der Waals surface area contributed by atoms with Crippen LogP contribution in [0, 0.1) is 13.8 Å². The van der Waals surface area contributed by atoms with Crippen molar-refractivity contribution in [3.8, 4) is 5.75 Å². The van der Waals surface area contributed by atoms with E-state index in [-0.39, 0.29) is 25.1 Å². The van der Waals surface area contributed by atoms with Crippen LogP contribution in [0.2, 0.25) is 0 Å². The molecule has 1 atom stereocenters. The summed E-state index contributed by atoms with van der Waals surface area (Å²) in [5.41, 5.74) is 3.21. The third-order valence-corrected chi connectivity index (χ3v) is 3.81. The highest BCUT2D eigenvalue weighted by molar-refractivity contribution is 5.85. The fourth-order valence-corrected chi connectivity index (χ4v) is 2.89. The van der Waals surface area contributed by atoms with Gasteiger partial charge in [-0.1, -0.05) is 12.1 Å². The van der Waals surface area contributed by atoms with Gasteiger partial charge in [-0.05, 0) is 30.5 Å². The van der Waals surface area contributed by atoms with Crippen molar-refractivity contribution in [3.63, 3.8) is 0 Å². The number of nitrogens with zero attached hydrogens (tertiary/aromatic N) is 1. The maximum Gasteiger partial charge on any atom is 0.124 e. The van der Waals surface area contributed by atoms with Gasteiger partial charge in [-0.25, -0.2) is 4.39 Å². The third-order valence-electron chi connectivity index (χ3n) is 3.81. The number of hydrogen-bond donors (Lipinski definition) is 1. The van der Waals surface area contributed by atoms with E-state index in [1.807, 2.05) is 13.8 Å². The highest BCUT2D eigenvalue weighted by atomic mass is 35.5. The molecule has 0 spiro atoms. The topological polar surface area (TPSA) is 24.5 Å². The van der Waals surface area contributed by atoms with Crippen molar-refractivity contribution in [2.45, 2.75) is 19.9 Å². The number of rotatable bonds is 4. The smallest absolute Gasteiger partial charge is 0.124 e. The van der Waals surface area contributed by atoms with Crippen molar-refractivity contribution in [3.05, 3.63) is 28.8 Å². The molecule has 0 bridgehead atoms. The Bertz CT molecular complexity index is 413. The van der Waals surface area contributed by atoms with E-state index in [2.05, 4.69) is 22.3 Å². The van der Waals surface area contributed by atoms with Gasteiger partial charge in [-0.3, -0.25) is 4.90 Å². The van der Waals surface area contributed by atoms with Crippen LogP contribution in [0.1, 0.15) is 22.7 Å². The van der Waals surface area contributed by atoms with Gasteiger partial charge in [-0.2, -0.15) is 0 Å². The minimum atomic E-state index is -0.342. The largest absolute Gasteiger partial charge is 0.496 e. The molecule has 1 N–H and O–H groups in total. The van der Waals surface area contributed by atoms with Crippen molar-refractivity contribution in [1.29, 1.82) is 0 Å². The molecule has 3 nitrogen and oxygen atoms in total. The number of piperazine rings is 1. The fraction of sp³-hybridized carbons (Fsp3) is 0.600. The molecule has 1 fully saturated rings. The number of alkyl halides is 1. The minimum Gasteiger partial charge on any atom is -0.496 e. The molecule has 1 aliphatic heterocycles. The summed E-state index contributed by atoms with van der Waals surface area (Å²) < 4.78 is 18.9. The van der Waals surface area contributed by atoms with Gasteiger partial charge >= 0.3 is 0 Å². The lowest BCUT2D eigenvalue weighted by Crippen LogP contribution is -2.45. The molecule has 0 amide bonds. The Kier molecular flexibility index (Phi) is 6.72. The first-order valence-electron chi connectivity index (χ1n) is 6.83. The maximum atomic E-state index is 13.5. The van der Waals surface area contributed by atoms with Gasteiger partial charge in [0, 0.05) is 26.2 Å². The van der Waals surface area contributed by atoms with E-state index in [9.17, 15) is 4.39 Å². The molecule has 0 radical (unpaired) electrons. The highest BCUT2D eigenvalue weighted by Gasteiger charge is 2.23. The summed E-state index contributed by atoms with van der Waals surface area (Å²) in [5.74, 6) is 0.904. The molecular weight excluding hydrogens is 279 g/mol. The summed E-state index contributed by atoms with van der Waals surface area (Å²) in [4.78, 5) is 2.22. The second-order valence-corrected chi connectivity index (χ2v) is 5.14. The van der Waals surface area contributed by atoms with Gasteiger partial charge < -0.3 is 10.1 Å². The minimum absolute atomic E-state index is 0. The molecule has 0 saturated carbocycles. The predicted molar refractivity (Wildman–Crippen MR) is 82.9 cm³/mol. The molecule has 0 unspecified atom stereocenters. The van der Waals surface area contributed by atoms with Gasteiger partial charge in [0.05, 0.1) is 13.2 Å². The summed E-state index contributed by atoms with van der Waals surface area (Å²) in [6.07, 6.45) is 0. The van der Waals surface area contributed by atoms with Crippen molar-refractivity contribution in [2.75, 3.05) is 40.0 Å². The van der Waals surface area contributed by atoms with Gasteiger partial charge in [0.2, 0.25) is 0 Å². The van der Waals surface area contributed by atoms with Crippen LogP contribution in [0.25, 0.3) is 0 Å². The van der Waals surface area contributed by atoms with Crippen LogP contribution < -0.4 is 10.1 Å². The molecule has 114 valence electrons. The Labute approximate surface area is 126 Å². The first-order chi connectivity index (χ1) is 9.17. The lowest BCUT2D eigenvalue weighted by atomic mass is 9.99. The van der Waals surface area contributed by atoms with Crippen LogP contribution >= 0.6 is 12.4 Å². The molecule has 5 heteroatoms. The standard InChI is InChI=1S/C15H23FN2O.ClH/c1-11-8-13(9-12(2)15(11)19-3)14(10-16)18-6-4-17-5-7-18;/h8-9,14,17H,4-7,10H2,1-3H3;1H/t14-;/m1./s1. The first kappa shape index (κ1) is 17.2. The first-order valence-corrected chi connectivity index (χ1v) is 6.83. The quantitative estimate of drug-likeness (QED) is 0.925. The van der Waals surface area contributed by atoms with Crippen LogP contribution in [0.3, 0.4) is 0 Å². The van der Waals surface area contributed by atoms with Gasteiger partial charge in [0.1, 0.15) is 12.4 Å². The van der Waals surface area contributed by atoms with Crippen molar-refractivity contribution in [1.82, 2.24) is 10.2 Å². The zero-order chi connectivity index (χ0) is 13.8. The molecule has 1 aromatic rings. The lowest BCUT2D eigenvalue weighted by molar-refractivity contribution is 0.147. The Morgan fingerprint density at radius 1 is 1.25 bits per heavy atom. The fourth-order valence-electron chi connectivity index (χ4n) is 2.89. The predicted octanol–water partition coefficient (Wildman–Crippen LogP) is 2.65.